The predicted molar refractivity (Wildman–Crippen MR) is 85.7 cm³/mol. The van der Waals surface area contributed by atoms with E-state index in [1.807, 2.05) is 32.9 Å². The Balaban J connectivity index is 2.07. The number of rotatable bonds is 4. The number of nitrogens with one attached hydrogen (secondary N) is 1. The second-order valence-electron chi connectivity index (χ2n) is 6.82. The second-order valence-corrected chi connectivity index (χ2v) is 7.23. The molecule has 0 saturated heterocycles. The molecule has 1 aliphatic rings. The summed E-state index contributed by atoms with van der Waals surface area (Å²) in [4.78, 5) is 11.8. The predicted octanol–water partition coefficient (Wildman–Crippen LogP) is 3.97. The number of hydrogen-bond acceptors (Lipinski definition) is 3. The molecule has 1 fully saturated rings. The standard InChI is InChI=1S/C16H23ClN2O2/c1-15(2,3)21-14(20)19-13-8-11(4-5-12(13)17)9-16(10-18)6-7-16/h4-5,8H,6-7,9-10,18H2,1-3H3,(H,19,20). The molecule has 3 N–H and O–H groups in total. The van der Waals surface area contributed by atoms with Crippen LogP contribution in [0.15, 0.2) is 18.2 Å². The first-order valence-electron chi connectivity index (χ1n) is 7.22. The minimum absolute atomic E-state index is 0.247. The lowest BCUT2D eigenvalue weighted by Crippen LogP contribution is -2.27. The fourth-order valence-corrected chi connectivity index (χ4v) is 2.42. The Bertz CT molecular complexity index is 534. The average molecular weight is 311 g/mol. The van der Waals surface area contributed by atoms with E-state index in [4.69, 9.17) is 22.1 Å². The minimum atomic E-state index is -0.536. The molecule has 0 radical (unpaired) electrons. The number of hydrogen-bond donors (Lipinski definition) is 2. The van der Waals surface area contributed by atoms with Crippen LogP contribution in [0.3, 0.4) is 0 Å². The molecule has 0 atom stereocenters. The third-order valence-corrected chi connectivity index (χ3v) is 3.97. The van der Waals surface area contributed by atoms with E-state index < -0.39 is 11.7 Å². The van der Waals surface area contributed by atoms with Crippen LogP contribution in [0.2, 0.25) is 5.02 Å². The Morgan fingerprint density at radius 2 is 2.10 bits per heavy atom. The number of halogens is 1. The Morgan fingerprint density at radius 1 is 1.43 bits per heavy atom. The van der Waals surface area contributed by atoms with Crippen molar-refractivity contribution in [2.24, 2.45) is 11.1 Å². The first-order valence-corrected chi connectivity index (χ1v) is 7.59. The SMILES string of the molecule is CC(C)(C)OC(=O)Nc1cc(CC2(CN)CC2)ccc1Cl. The van der Waals surface area contributed by atoms with Gasteiger partial charge in [-0.2, -0.15) is 0 Å². The lowest BCUT2D eigenvalue weighted by atomic mass is 9.96. The third kappa shape index (κ3) is 4.61. The van der Waals surface area contributed by atoms with Crippen molar-refractivity contribution in [3.63, 3.8) is 0 Å². The van der Waals surface area contributed by atoms with Gasteiger partial charge in [-0.05, 0) is 69.7 Å². The molecule has 0 unspecified atom stereocenters. The molecule has 0 heterocycles. The summed E-state index contributed by atoms with van der Waals surface area (Å²) in [6.45, 7) is 6.17. The van der Waals surface area contributed by atoms with Crippen LogP contribution >= 0.6 is 11.6 Å². The molecule has 1 aromatic rings. The Kier molecular flexibility index (Phi) is 4.49. The lowest BCUT2D eigenvalue weighted by Gasteiger charge is -2.20. The molecule has 1 aliphatic carbocycles. The van der Waals surface area contributed by atoms with Gasteiger partial charge in [0.05, 0.1) is 10.7 Å². The van der Waals surface area contributed by atoms with Gasteiger partial charge in [-0.25, -0.2) is 4.79 Å². The Labute approximate surface area is 131 Å². The monoisotopic (exact) mass is 310 g/mol. The van der Waals surface area contributed by atoms with E-state index in [1.54, 1.807) is 6.07 Å². The van der Waals surface area contributed by atoms with Crippen molar-refractivity contribution in [2.75, 3.05) is 11.9 Å². The van der Waals surface area contributed by atoms with E-state index in [-0.39, 0.29) is 5.41 Å². The summed E-state index contributed by atoms with van der Waals surface area (Å²) in [6.07, 6.45) is 2.76. The first-order chi connectivity index (χ1) is 9.73. The van der Waals surface area contributed by atoms with Crippen LogP contribution in [0.25, 0.3) is 0 Å². The zero-order valence-corrected chi connectivity index (χ0v) is 13.6. The summed E-state index contributed by atoms with van der Waals surface area (Å²) in [5, 5.41) is 3.21. The molecule has 116 valence electrons. The zero-order valence-electron chi connectivity index (χ0n) is 12.8. The smallest absolute Gasteiger partial charge is 0.412 e. The van der Waals surface area contributed by atoms with Crippen molar-refractivity contribution < 1.29 is 9.53 Å². The molecule has 5 heteroatoms. The highest BCUT2D eigenvalue weighted by molar-refractivity contribution is 6.33. The number of amides is 1. The number of benzene rings is 1. The Hall–Kier alpha value is -1.26. The molecule has 0 spiro atoms. The third-order valence-electron chi connectivity index (χ3n) is 3.64. The highest BCUT2D eigenvalue weighted by atomic mass is 35.5. The fourth-order valence-electron chi connectivity index (χ4n) is 2.25. The van der Waals surface area contributed by atoms with E-state index >= 15 is 0 Å². The summed E-state index contributed by atoms with van der Waals surface area (Å²) in [6, 6.07) is 5.69. The van der Waals surface area contributed by atoms with Gasteiger partial charge >= 0.3 is 6.09 Å². The van der Waals surface area contributed by atoms with Crippen molar-refractivity contribution >= 4 is 23.4 Å². The van der Waals surface area contributed by atoms with Gasteiger partial charge in [-0.3, -0.25) is 5.32 Å². The number of ether oxygens (including phenoxy) is 1. The molecule has 2 rings (SSSR count). The maximum absolute atomic E-state index is 11.8. The van der Waals surface area contributed by atoms with Gasteiger partial charge in [0.2, 0.25) is 0 Å². The van der Waals surface area contributed by atoms with Gasteiger partial charge < -0.3 is 10.5 Å². The summed E-state index contributed by atoms with van der Waals surface area (Å²) >= 11 is 6.14. The van der Waals surface area contributed by atoms with E-state index in [2.05, 4.69) is 5.32 Å². The highest BCUT2D eigenvalue weighted by Crippen LogP contribution is 2.47. The van der Waals surface area contributed by atoms with Crippen LogP contribution in [0, 0.1) is 5.41 Å². The highest BCUT2D eigenvalue weighted by Gasteiger charge is 2.40. The second kappa shape index (κ2) is 5.85. The molecule has 1 aromatic carbocycles. The van der Waals surface area contributed by atoms with E-state index in [0.29, 0.717) is 17.3 Å². The maximum atomic E-state index is 11.8. The van der Waals surface area contributed by atoms with Crippen LogP contribution in [0.4, 0.5) is 10.5 Å². The van der Waals surface area contributed by atoms with Crippen LogP contribution < -0.4 is 11.1 Å². The summed E-state index contributed by atoms with van der Waals surface area (Å²) < 4.78 is 5.24. The molecular formula is C16H23ClN2O2. The van der Waals surface area contributed by atoms with Gasteiger partial charge in [0, 0.05) is 0 Å². The first kappa shape index (κ1) is 16.1. The van der Waals surface area contributed by atoms with Gasteiger partial charge in [-0.1, -0.05) is 17.7 Å². The quantitative estimate of drug-likeness (QED) is 0.884. The van der Waals surface area contributed by atoms with Crippen molar-refractivity contribution in [2.45, 2.75) is 45.6 Å². The molecule has 1 amide bonds. The largest absolute Gasteiger partial charge is 0.444 e. The topological polar surface area (TPSA) is 64.3 Å². The number of carbonyl (C=O) groups excluding carboxylic acids is 1. The van der Waals surface area contributed by atoms with Crippen molar-refractivity contribution in [1.29, 1.82) is 0 Å². The van der Waals surface area contributed by atoms with Crippen LogP contribution in [0.5, 0.6) is 0 Å². The Morgan fingerprint density at radius 3 is 2.62 bits per heavy atom. The molecule has 0 aromatic heterocycles. The molecule has 0 aliphatic heterocycles. The molecule has 1 saturated carbocycles. The van der Waals surface area contributed by atoms with Crippen LogP contribution in [-0.4, -0.2) is 18.2 Å². The summed E-state index contributed by atoms with van der Waals surface area (Å²) in [5.41, 5.74) is 7.24. The maximum Gasteiger partial charge on any atom is 0.412 e. The summed E-state index contributed by atoms with van der Waals surface area (Å²) in [7, 11) is 0. The zero-order chi connectivity index (χ0) is 15.7. The van der Waals surface area contributed by atoms with E-state index in [9.17, 15) is 4.79 Å². The summed E-state index contributed by atoms with van der Waals surface area (Å²) in [5.74, 6) is 0. The number of anilines is 1. The van der Waals surface area contributed by atoms with Crippen LogP contribution in [0.1, 0.15) is 39.2 Å². The molecule has 4 nitrogen and oxygen atoms in total. The fraction of sp³-hybridized carbons (Fsp3) is 0.562. The van der Waals surface area contributed by atoms with Gasteiger partial charge in [0.15, 0.2) is 0 Å². The number of nitrogens with two attached hydrogens (primary N) is 1. The number of carbonyl (C=O) groups is 1. The van der Waals surface area contributed by atoms with E-state index in [1.165, 1.54) is 12.8 Å². The van der Waals surface area contributed by atoms with Crippen LogP contribution in [-0.2, 0) is 11.2 Å². The normalized spacial score (nSPS) is 16.4. The van der Waals surface area contributed by atoms with Crippen molar-refractivity contribution in [3.8, 4) is 0 Å². The van der Waals surface area contributed by atoms with Gasteiger partial charge in [-0.15, -0.1) is 0 Å². The molecule has 0 bridgehead atoms. The molecular weight excluding hydrogens is 288 g/mol. The van der Waals surface area contributed by atoms with Gasteiger partial charge in [0.1, 0.15) is 5.60 Å². The average Bonchev–Trinajstić information content (AvgIpc) is 3.11. The molecule has 21 heavy (non-hydrogen) atoms. The van der Waals surface area contributed by atoms with Gasteiger partial charge in [0.25, 0.3) is 0 Å². The lowest BCUT2D eigenvalue weighted by molar-refractivity contribution is 0.0636. The van der Waals surface area contributed by atoms with E-state index in [0.717, 1.165) is 12.0 Å². The van der Waals surface area contributed by atoms with Crippen molar-refractivity contribution in [1.82, 2.24) is 0 Å². The minimum Gasteiger partial charge on any atom is -0.444 e. The van der Waals surface area contributed by atoms with Crippen molar-refractivity contribution in [3.05, 3.63) is 28.8 Å².